The van der Waals surface area contributed by atoms with Crippen molar-refractivity contribution in [2.24, 2.45) is 5.41 Å². The van der Waals surface area contributed by atoms with E-state index >= 15 is 0 Å². The van der Waals surface area contributed by atoms with Gasteiger partial charge in [0.25, 0.3) is 5.89 Å². The molecule has 1 aliphatic rings. The molecule has 0 bridgehead atoms. The van der Waals surface area contributed by atoms with E-state index in [1.807, 2.05) is 0 Å². The van der Waals surface area contributed by atoms with Gasteiger partial charge in [-0.15, -0.1) is 0 Å². The van der Waals surface area contributed by atoms with Gasteiger partial charge in [0.2, 0.25) is 0 Å². The van der Waals surface area contributed by atoms with E-state index in [-0.39, 0.29) is 5.41 Å². The first kappa shape index (κ1) is 10.3. The van der Waals surface area contributed by atoms with Gasteiger partial charge >= 0.3 is 0 Å². The number of rotatable bonds is 2. The summed E-state index contributed by atoms with van der Waals surface area (Å²) in [7, 11) is 0. The maximum atomic E-state index is 5.82. The van der Waals surface area contributed by atoms with Gasteiger partial charge in [0.1, 0.15) is 0 Å². The van der Waals surface area contributed by atoms with Crippen molar-refractivity contribution in [3.63, 3.8) is 0 Å². The topological polar surface area (TPSA) is 77.8 Å². The number of anilines is 1. The van der Waals surface area contributed by atoms with Crippen LogP contribution in [-0.2, 0) is 0 Å². The molecule has 88 valence electrons. The van der Waals surface area contributed by atoms with Crippen molar-refractivity contribution in [1.82, 2.24) is 15.1 Å². The van der Waals surface area contributed by atoms with Gasteiger partial charge in [-0.05, 0) is 24.0 Å². The first-order valence-corrected chi connectivity index (χ1v) is 5.62. The van der Waals surface area contributed by atoms with Gasteiger partial charge in [0.05, 0.1) is 5.69 Å². The third-order valence-electron chi connectivity index (χ3n) is 3.31. The molecule has 0 amide bonds. The average Bonchev–Trinajstić information content (AvgIpc) is 2.76. The fraction of sp³-hybridized carbons (Fsp3) is 0.417. The number of nitrogens with zero attached hydrogens (tertiary/aromatic N) is 3. The van der Waals surface area contributed by atoms with Crippen molar-refractivity contribution < 1.29 is 4.52 Å². The molecule has 3 rings (SSSR count). The normalized spacial score (nSPS) is 21.4. The summed E-state index contributed by atoms with van der Waals surface area (Å²) in [6.45, 7) is 4.39. The molecule has 2 N–H and O–H groups in total. The van der Waals surface area contributed by atoms with Crippen molar-refractivity contribution >= 4 is 5.69 Å². The molecule has 1 aliphatic carbocycles. The highest BCUT2D eigenvalue weighted by atomic mass is 16.5. The predicted octanol–water partition coefficient (Wildman–Crippen LogP) is 2.23. The lowest BCUT2D eigenvalue weighted by Gasteiger charge is -1.97. The number of nitrogens with two attached hydrogens (primary N) is 1. The van der Waals surface area contributed by atoms with Crippen LogP contribution >= 0.6 is 0 Å². The number of hydrogen-bond acceptors (Lipinski definition) is 5. The first-order valence-electron chi connectivity index (χ1n) is 5.62. The highest BCUT2D eigenvalue weighted by molar-refractivity contribution is 5.65. The summed E-state index contributed by atoms with van der Waals surface area (Å²) in [6.07, 6.45) is 2.76. The summed E-state index contributed by atoms with van der Waals surface area (Å²) in [5.74, 6) is 1.56. The molecule has 5 nitrogen and oxygen atoms in total. The smallest absolute Gasteiger partial charge is 0.278 e. The van der Waals surface area contributed by atoms with E-state index in [0.29, 0.717) is 23.2 Å². The average molecular weight is 230 g/mol. The van der Waals surface area contributed by atoms with Crippen LogP contribution in [0.3, 0.4) is 0 Å². The minimum Gasteiger partial charge on any atom is -0.397 e. The molecule has 2 aromatic rings. The molecular weight excluding hydrogens is 216 g/mol. The molecule has 0 radical (unpaired) electrons. The molecule has 0 spiro atoms. The minimum absolute atomic E-state index is 0.288. The second-order valence-electron chi connectivity index (χ2n) is 5.14. The van der Waals surface area contributed by atoms with E-state index in [9.17, 15) is 0 Å². The largest absolute Gasteiger partial charge is 0.397 e. The zero-order valence-corrected chi connectivity index (χ0v) is 9.84. The molecule has 5 heteroatoms. The number of aromatic nitrogens is 3. The van der Waals surface area contributed by atoms with Crippen molar-refractivity contribution in [2.45, 2.75) is 26.2 Å². The van der Waals surface area contributed by atoms with Gasteiger partial charge in [0, 0.05) is 12.1 Å². The highest BCUT2D eigenvalue weighted by Crippen LogP contribution is 2.57. The Hall–Kier alpha value is -1.91. The van der Waals surface area contributed by atoms with Crippen LogP contribution in [-0.4, -0.2) is 15.1 Å². The van der Waals surface area contributed by atoms with Crippen LogP contribution in [0.4, 0.5) is 5.69 Å². The summed E-state index contributed by atoms with van der Waals surface area (Å²) < 4.78 is 5.22. The Morgan fingerprint density at radius 3 is 2.88 bits per heavy atom. The van der Waals surface area contributed by atoms with Crippen LogP contribution in [0.25, 0.3) is 11.6 Å². The highest BCUT2D eigenvalue weighted by Gasteiger charge is 2.49. The Bertz CT molecular complexity index is 561. The molecular formula is C12H14N4O. The second-order valence-corrected chi connectivity index (χ2v) is 5.14. The van der Waals surface area contributed by atoms with Crippen LogP contribution in [0.1, 0.15) is 32.0 Å². The van der Waals surface area contributed by atoms with Crippen LogP contribution in [0.2, 0.25) is 0 Å². The van der Waals surface area contributed by atoms with Crippen molar-refractivity contribution in [2.75, 3.05) is 5.73 Å². The summed E-state index contributed by atoms with van der Waals surface area (Å²) in [4.78, 5) is 8.54. The molecule has 2 aromatic heterocycles. The quantitative estimate of drug-likeness (QED) is 0.855. The summed E-state index contributed by atoms with van der Waals surface area (Å²) in [5.41, 5.74) is 7.22. The van der Waals surface area contributed by atoms with Crippen molar-refractivity contribution in [3.8, 4) is 11.6 Å². The third-order valence-corrected chi connectivity index (χ3v) is 3.31. The maximum Gasteiger partial charge on any atom is 0.278 e. The monoisotopic (exact) mass is 230 g/mol. The molecule has 2 heterocycles. The fourth-order valence-electron chi connectivity index (χ4n) is 1.98. The summed E-state index contributed by atoms with van der Waals surface area (Å²) in [5, 5.41) is 4.01. The predicted molar refractivity (Wildman–Crippen MR) is 63.1 cm³/mol. The Labute approximate surface area is 99.1 Å². The second kappa shape index (κ2) is 3.29. The molecule has 1 unspecified atom stereocenters. The first-order chi connectivity index (χ1) is 8.08. The van der Waals surface area contributed by atoms with Crippen molar-refractivity contribution in [3.05, 3.63) is 24.2 Å². The van der Waals surface area contributed by atoms with E-state index in [0.717, 1.165) is 12.2 Å². The Balaban J connectivity index is 1.94. The van der Waals surface area contributed by atoms with Crippen LogP contribution in [0.15, 0.2) is 22.9 Å². The van der Waals surface area contributed by atoms with E-state index in [1.54, 1.807) is 18.3 Å². The van der Waals surface area contributed by atoms with Crippen LogP contribution in [0, 0.1) is 5.41 Å². The minimum atomic E-state index is 0.288. The molecule has 0 saturated heterocycles. The van der Waals surface area contributed by atoms with E-state index in [2.05, 4.69) is 29.0 Å². The third kappa shape index (κ3) is 1.67. The lowest BCUT2D eigenvalue weighted by molar-refractivity contribution is 0.418. The standard InChI is InChI=1S/C12H14N4O/c1-12(2)6-7(12)10-15-11(17-16-10)9-8(13)4-3-5-14-9/h3-5,7H,6,13H2,1-2H3. The summed E-state index contributed by atoms with van der Waals surface area (Å²) in [6, 6.07) is 3.55. The molecule has 1 fully saturated rings. The van der Waals surface area contributed by atoms with E-state index in [4.69, 9.17) is 10.3 Å². The van der Waals surface area contributed by atoms with Gasteiger partial charge in [0.15, 0.2) is 11.5 Å². The molecule has 1 saturated carbocycles. The fourth-order valence-corrected chi connectivity index (χ4v) is 1.98. The zero-order chi connectivity index (χ0) is 12.0. The van der Waals surface area contributed by atoms with Gasteiger partial charge in [-0.25, -0.2) is 4.98 Å². The van der Waals surface area contributed by atoms with Crippen molar-refractivity contribution in [1.29, 1.82) is 0 Å². The van der Waals surface area contributed by atoms with E-state index < -0.39 is 0 Å². The molecule has 0 aliphatic heterocycles. The maximum absolute atomic E-state index is 5.82. The van der Waals surface area contributed by atoms with Gasteiger partial charge < -0.3 is 10.3 Å². The molecule has 0 aromatic carbocycles. The van der Waals surface area contributed by atoms with Crippen LogP contribution < -0.4 is 5.73 Å². The Morgan fingerprint density at radius 2 is 2.24 bits per heavy atom. The number of hydrogen-bond donors (Lipinski definition) is 1. The molecule has 17 heavy (non-hydrogen) atoms. The lowest BCUT2D eigenvalue weighted by atomic mass is 10.1. The van der Waals surface area contributed by atoms with Gasteiger partial charge in [-0.1, -0.05) is 19.0 Å². The SMILES string of the molecule is CC1(C)CC1c1noc(-c2ncccc2N)n1. The Morgan fingerprint density at radius 1 is 1.47 bits per heavy atom. The molecule has 1 atom stereocenters. The number of pyridine rings is 1. The zero-order valence-electron chi connectivity index (χ0n) is 9.84. The number of nitrogen functional groups attached to an aromatic ring is 1. The van der Waals surface area contributed by atoms with E-state index in [1.165, 1.54) is 0 Å². The Kier molecular flexibility index (Phi) is 1.98. The van der Waals surface area contributed by atoms with Gasteiger partial charge in [-0.3, -0.25) is 0 Å². The summed E-state index contributed by atoms with van der Waals surface area (Å²) >= 11 is 0. The van der Waals surface area contributed by atoms with Crippen LogP contribution in [0.5, 0.6) is 0 Å². The van der Waals surface area contributed by atoms with Gasteiger partial charge in [-0.2, -0.15) is 4.98 Å². The lowest BCUT2D eigenvalue weighted by Crippen LogP contribution is -1.94.